The number of oxime groups is 1. The van der Waals surface area contributed by atoms with Crippen LogP contribution in [0.5, 0.6) is 0 Å². The predicted molar refractivity (Wildman–Crippen MR) is 243 cm³/mol. The van der Waals surface area contributed by atoms with Crippen LogP contribution in [-0.4, -0.2) is 142 Å². The molecule has 5 rings (SSSR count). The number of amides is 1. The third kappa shape index (κ3) is 12.0. The van der Waals surface area contributed by atoms with Gasteiger partial charge in [0.25, 0.3) is 5.67 Å². The molecule has 0 radical (unpaired) electrons. The van der Waals surface area contributed by atoms with Crippen molar-refractivity contribution in [1.29, 1.82) is 0 Å². The second-order valence-electron chi connectivity index (χ2n) is 18.5. The summed E-state index contributed by atoms with van der Waals surface area (Å²) in [6.07, 6.45) is -4.81. The molecule has 0 saturated carbocycles. The molecule has 0 aromatic carbocycles. The molecule has 18 nitrogen and oxygen atoms in total. The third-order valence-corrected chi connectivity index (χ3v) is 13.6. The van der Waals surface area contributed by atoms with Crippen LogP contribution < -0.4 is 5.73 Å². The Kier molecular flexibility index (Phi) is 17.4. The number of fused-ring (bicyclic) bond motifs is 5. The van der Waals surface area contributed by atoms with Gasteiger partial charge in [0, 0.05) is 48.0 Å². The number of nitrogens with two attached hydrogens (primary N) is 1. The minimum Gasteiger partial charge on any atom is -0.457 e. The van der Waals surface area contributed by atoms with Gasteiger partial charge in [-0.3, -0.25) is 19.4 Å². The van der Waals surface area contributed by atoms with Crippen LogP contribution in [0, 0.1) is 17.8 Å². The molecule has 366 valence electrons. The molecule has 13 atom stereocenters. The summed E-state index contributed by atoms with van der Waals surface area (Å²) >= 11 is 1.39. The fraction of sp³-hybridized carbons (Fsp3) is 0.696. The van der Waals surface area contributed by atoms with Crippen LogP contribution >= 0.6 is 11.3 Å². The molecule has 0 unspecified atom stereocenters. The Hall–Kier alpha value is -4.31. The lowest BCUT2D eigenvalue weighted by molar-refractivity contribution is -0.299. The van der Waals surface area contributed by atoms with Crippen LogP contribution in [-0.2, 0) is 59.0 Å². The standard InChI is InChI=1S/C46H67FN6O12S/c1-13-33-46(10,58)40-26(5)36(51-35(55)14-2)24(3)18-44(8,60-21-31(20-59-40)52-61-22-30-16-15-29(19-49-30)41-50-34(48)23-66-41)39(27(6)38(56)45(9,47)43(57)64-33)65-42-37(63-28(7)54)32(53(11)12)17-25(4)62-42/h15-16,19,23-27,32-33,37,39-40,42,58H,13-14,17-18,20-22,48H2,1-12H3/b51-36+,52-31+/t24-,25-,26+,27+,32+,33-,37-,39-,40-,42+,44-,45+,46-/m1/s1. The van der Waals surface area contributed by atoms with E-state index in [-0.39, 0.29) is 44.8 Å². The van der Waals surface area contributed by atoms with E-state index < -0.39 is 101 Å². The first-order chi connectivity index (χ1) is 30.9. The number of carbonyl (C=O) groups excluding carboxylic acids is 4. The predicted octanol–water partition coefficient (Wildman–Crippen LogP) is 5.28. The van der Waals surface area contributed by atoms with E-state index in [9.17, 15) is 24.3 Å². The number of halogens is 1. The largest absolute Gasteiger partial charge is 0.457 e. The Morgan fingerprint density at radius 3 is 2.39 bits per heavy atom. The summed E-state index contributed by atoms with van der Waals surface area (Å²) < 4.78 is 55.4. The Balaban J connectivity index is 1.69. The van der Waals surface area contributed by atoms with Gasteiger partial charge in [-0.25, -0.2) is 19.2 Å². The molecule has 0 aliphatic carbocycles. The Morgan fingerprint density at radius 2 is 1.80 bits per heavy atom. The molecule has 3 aliphatic rings. The Morgan fingerprint density at radius 1 is 1.09 bits per heavy atom. The zero-order valence-corrected chi connectivity index (χ0v) is 40.9. The lowest BCUT2D eigenvalue weighted by atomic mass is 9.73. The number of ether oxygens (including phenoxy) is 6. The zero-order chi connectivity index (χ0) is 48.9. The number of anilines is 1. The summed E-state index contributed by atoms with van der Waals surface area (Å²) in [4.78, 5) is 75.7. The van der Waals surface area contributed by atoms with Crippen molar-refractivity contribution in [3.8, 4) is 10.6 Å². The molecule has 3 N–H and O–H groups in total. The van der Waals surface area contributed by atoms with E-state index in [4.69, 9.17) is 39.0 Å². The molecule has 0 spiro atoms. The first-order valence-electron chi connectivity index (χ1n) is 22.4. The van der Waals surface area contributed by atoms with E-state index in [1.807, 2.05) is 38.9 Å². The second-order valence-corrected chi connectivity index (χ2v) is 19.3. The third-order valence-electron chi connectivity index (χ3n) is 12.7. The number of esters is 2. The van der Waals surface area contributed by atoms with Crippen molar-refractivity contribution in [1.82, 2.24) is 14.9 Å². The number of cyclic esters (lactones) is 1. The zero-order valence-electron chi connectivity index (χ0n) is 40.1. The fourth-order valence-electron chi connectivity index (χ4n) is 9.20. The number of alkyl halides is 1. The highest BCUT2D eigenvalue weighted by molar-refractivity contribution is 7.13. The van der Waals surface area contributed by atoms with Crippen LogP contribution in [0.4, 0.5) is 10.2 Å². The maximum absolute atomic E-state index is 17.1. The van der Waals surface area contributed by atoms with Crippen molar-refractivity contribution in [3.63, 3.8) is 0 Å². The summed E-state index contributed by atoms with van der Waals surface area (Å²) in [6, 6.07) is 3.18. The van der Waals surface area contributed by atoms with Crippen LogP contribution in [0.3, 0.4) is 0 Å². The van der Waals surface area contributed by atoms with E-state index in [2.05, 4.69) is 20.1 Å². The summed E-state index contributed by atoms with van der Waals surface area (Å²) in [5, 5.41) is 19.4. The number of aliphatic hydroxyl groups is 1. The van der Waals surface area contributed by atoms with Gasteiger partial charge < -0.3 is 49.0 Å². The Bertz CT molecular complexity index is 2100. The summed E-state index contributed by atoms with van der Waals surface area (Å²) in [5.41, 5.74) is 0.651. The van der Waals surface area contributed by atoms with E-state index in [1.54, 1.807) is 45.3 Å². The molecule has 3 aliphatic heterocycles. The van der Waals surface area contributed by atoms with Crippen molar-refractivity contribution in [2.45, 2.75) is 161 Å². The maximum atomic E-state index is 17.1. The molecule has 5 heterocycles. The number of pyridine rings is 1. The molecule has 3 fully saturated rings. The number of hydrogen-bond donors (Lipinski definition) is 2. The highest BCUT2D eigenvalue weighted by Crippen LogP contribution is 2.41. The van der Waals surface area contributed by atoms with Gasteiger partial charge >= 0.3 is 11.9 Å². The van der Waals surface area contributed by atoms with Crippen LogP contribution in [0.2, 0.25) is 0 Å². The summed E-state index contributed by atoms with van der Waals surface area (Å²) in [6.45, 7) is 14.5. The van der Waals surface area contributed by atoms with Crippen LogP contribution in [0.15, 0.2) is 33.9 Å². The lowest BCUT2D eigenvalue weighted by Gasteiger charge is -2.48. The number of aromatic nitrogens is 2. The number of ketones is 1. The first kappa shape index (κ1) is 52.7. The SMILES string of the molecule is CCC(=O)/N=C1\[C@H](C)C[C@@]2(C)OC/C(=N/OCc3ccc(-c4nc(N)cs4)cn3)CO[C@H]([C@H]1C)[C@](C)(O)[C@@H](CC)OC(=O)[C@@](C)(F)C(=O)[C@H](C)[C@H]2O[C@@H]1O[C@H](C)C[C@H](N(C)C)[C@H]1OC(C)=O. The average molecular weight is 947 g/mol. The number of nitrogens with zero attached hydrogens (tertiary/aromatic N) is 5. The molecule has 2 aromatic heterocycles. The molecule has 3 saturated heterocycles. The Labute approximate surface area is 390 Å². The van der Waals surface area contributed by atoms with E-state index in [0.717, 1.165) is 12.5 Å². The molecular weight excluding hydrogens is 880 g/mol. The number of thiazole rings is 1. The van der Waals surface area contributed by atoms with Gasteiger partial charge in [0.1, 0.15) is 28.2 Å². The minimum absolute atomic E-state index is 0.0261. The smallest absolute Gasteiger partial charge is 0.351 e. The second kappa shape index (κ2) is 21.8. The number of likely N-dealkylation sites (N-methyl/N-ethyl adjacent to an activating group) is 1. The maximum Gasteiger partial charge on any atom is 0.351 e. The van der Waals surface area contributed by atoms with Crippen molar-refractivity contribution in [3.05, 3.63) is 29.4 Å². The normalized spacial score (nSPS) is 36.3. The van der Waals surface area contributed by atoms with E-state index in [0.29, 0.717) is 28.7 Å². The average Bonchev–Trinajstić information content (AvgIpc) is 3.69. The van der Waals surface area contributed by atoms with Crippen molar-refractivity contribution in [2.75, 3.05) is 33.0 Å². The number of hydrogen-bond acceptors (Lipinski definition) is 18. The lowest BCUT2D eigenvalue weighted by Crippen LogP contribution is -2.62. The van der Waals surface area contributed by atoms with Crippen LogP contribution in [0.25, 0.3) is 10.6 Å². The van der Waals surface area contributed by atoms with Gasteiger partial charge in [0.05, 0.1) is 48.9 Å². The number of nitrogen functional groups attached to an aromatic ring is 1. The van der Waals surface area contributed by atoms with E-state index in [1.165, 1.54) is 32.1 Å². The highest BCUT2D eigenvalue weighted by Gasteiger charge is 2.57. The van der Waals surface area contributed by atoms with Gasteiger partial charge in [-0.05, 0) is 79.1 Å². The van der Waals surface area contributed by atoms with Gasteiger partial charge in [-0.2, -0.15) is 0 Å². The molecule has 1 amide bonds. The van der Waals surface area contributed by atoms with Gasteiger partial charge in [0.2, 0.25) is 5.91 Å². The van der Waals surface area contributed by atoms with E-state index >= 15 is 4.39 Å². The quantitative estimate of drug-likeness (QED) is 0.175. The van der Waals surface area contributed by atoms with Crippen molar-refractivity contribution >= 4 is 52.2 Å². The summed E-state index contributed by atoms with van der Waals surface area (Å²) in [5.74, 6) is -6.38. The number of aliphatic imine (C=N–C) groups is 1. The first-order valence-corrected chi connectivity index (χ1v) is 23.3. The number of Topliss-reactive ketones (excluding diaryl/α,β-unsaturated/α-hetero) is 1. The molecule has 2 aromatic rings. The van der Waals surface area contributed by atoms with Gasteiger partial charge in [-0.15, -0.1) is 11.3 Å². The molecular formula is C46H67FN6O12S. The molecule has 66 heavy (non-hydrogen) atoms. The minimum atomic E-state index is -3.26. The van der Waals surface area contributed by atoms with Gasteiger partial charge in [-0.1, -0.05) is 39.8 Å². The topological polar surface area (TPSA) is 233 Å². The monoisotopic (exact) mass is 946 g/mol. The van der Waals surface area contributed by atoms with Gasteiger partial charge in [0.15, 0.2) is 24.8 Å². The fourth-order valence-corrected chi connectivity index (χ4v) is 9.90. The molecule has 20 heteroatoms. The number of rotatable bonds is 10. The summed E-state index contributed by atoms with van der Waals surface area (Å²) in [7, 11) is 3.65. The molecule has 2 bridgehead atoms. The highest BCUT2D eigenvalue weighted by atomic mass is 32.1. The van der Waals surface area contributed by atoms with Crippen molar-refractivity contribution < 1.29 is 61.9 Å². The number of carbonyl (C=O) groups is 4. The van der Waals surface area contributed by atoms with Crippen molar-refractivity contribution in [2.24, 2.45) is 27.9 Å². The van der Waals surface area contributed by atoms with Crippen LogP contribution in [0.1, 0.15) is 101 Å².